The molecule has 6 atom stereocenters. The predicted octanol–water partition coefficient (Wildman–Crippen LogP) is 6.91. The number of carboxylic acid groups (broad SMARTS) is 1. The summed E-state index contributed by atoms with van der Waals surface area (Å²) < 4.78 is 46.2. The van der Waals surface area contributed by atoms with Crippen LogP contribution in [0.1, 0.15) is 79.6 Å². The van der Waals surface area contributed by atoms with E-state index in [0.717, 1.165) is 27.2 Å². The summed E-state index contributed by atoms with van der Waals surface area (Å²) in [5.41, 5.74) is -0.528. The molecule has 4 N–H and O–H groups in total. The van der Waals surface area contributed by atoms with Crippen LogP contribution in [0.25, 0.3) is 22.3 Å². The second kappa shape index (κ2) is 19.9. The minimum atomic E-state index is -3.87. The monoisotopic (exact) mass is 965 g/mol. The zero-order valence-corrected chi connectivity index (χ0v) is 40.7. The highest BCUT2D eigenvalue weighted by atomic mass is 32.2. The SMILES string of the molecule is COc1ccc2c(O[C@@H]3C[C@H]4C(=O)N[C@]5(C(=O)O)CC5/C=C\CCCCC[C@H](NC(=O)OC(CN(C)S(=O)(=O)c5cccs5)C(C)(C)C)C(=O)N4C3)cc(-c3csc(NC(C)C)n3)nc2c1. The van der Waals surface area contributed by atoms with E-state index in [1.165, 1.54) is 29.4 Å². The molecule has 1 saturated heterocycles. The van der Waals surface area contributed by atoms with Gasteiger partial charge in [-0.15, -0.1) is 22.7 Å². The van der Waals surface area contributed by atoms with Gasteiger partial charge in [-0.3, -0.25) is 9.59 Å². The van der Waals surface area contributed by atoms with Gasteiger partial charge in [0, 0.05) is 53.7 Å². The third-order valence-corrected chi connectivity index (χ3v) is 16.1. The van der Waals surface area contributed by atoms with Crippen LogP contribution in [0.3, 0.4) is 0 Å². The Labute approximate surface area is 393 Å². The number of aromatic nitrogens is 2. The molecular weight excluding hydrogens is 907 g/mol. The van der Waals surface area contributed by atoms with Gasteiger partial charge in [-0.1, -0.05) is 51.8 Å². The van der Waals surface area contributed by atoms with Crippen molar-refractivity contribution in [3.8, 4) is 22.9 Å². The molecule has 1 aromatic carbocycles. The van der Waals surface area contributed by atoms with E-state index < -0.39 is 75.1 Å². The Kier molecular flexibility index (Phi) is 14.6. The Hall–Kier alpha value is -5.31. The average Bonchev–Trinajstić information content (AvgIpc) is 3.73. The zero-order chi connectivity index (χ0) is 47.6. The molecular formula is C46H59N7O10S3. The first-order valence-corrected chi connectivity index (χ1v) is 25.4. The topological polar surface area (TPSA) is 219 Å². The van der Waals surface area contributed by atoms with Crippen molar-refractivity contribution in [2.24, 2.45) is 11.3 Å². The number of benzene rings is 1. The van der Waals surface area contributed by atoms with Crippen molar-refractivity contribution in [2.45, 2.75) is 120 Å². The lowest BCUT2D eigenvalue weighted by molar-refractivity contribution is -0.145. The van der Waals surface area contributed by atoms with E-state index in [0.29, 0.717) is 53.1 Å². The number of alkyl carbamates (subject to hydrolysis) is 1. The van der Waals surface area contributed by atoms with Crippen LogP contribution in [0.2, 0.25) is 0 Å². The number of anilines is 1. The number of pyridine rings is 1. The number of allylic oxidation sites excluding steroid dienone is 1. The third-order valence-electron chi connectivity index (χ3n) is 12.2. The number of carbonyl (C=O) groups is 4. The normalized spacial score (nSPS) is 23.8. The summed E-state index contributed by atoms with van der Waals surface area (Å²) in [5, 5.41) is 24.2. The Bertz CT molecular complexity index is 2560. The van der Waals surface area contributed by atoms with E-state index in [1.54, 1.807) is 36.8 Å². The summed E-state index contributed by atoms with van der Waals surface area (Å²) in [7, 11) is -0.881. The molecule has 0 radical (unpaired) electrons. The van der Waals surface area contributed by atoms with Crippen LogP contribution >= 0.6 is 22.7 Å². The number of methoxy groups -OCH3 is 1. The predicted molar refractivity (Wildman–Crippen MR) is 252 cm³/mol. The van der Waals surface area contributed by atoms with Gasteiger partial charge in [0.05, 0.1) is 31.4 Å². The van der Waals surface area contributed by atoms with Gasteiger partial charge in [-0.25, -0.2) is 28.0 Å². The molecule has 356 valence electrons. The maximum atomic E-state index is 14.9. The number of likely N-dealkylation sites (N-methyl/N-ethyl adjacent to an activating group) is 1. The number of amides is 3. The largest absolute Gasteiger partial charge is 0.497 e. The smallest absolute Gasteiger partial charge is 0.408 e. The molecule has 2 aliphatic heterocycles. The van der Waals surface area contributed by atoms with Crippen LogP contribution in [0.5, 0.6) is 11.5 Å². The summed E-state index contributed by atoms with van der Waals surface area (Å²) in [4.78, 5) is 67.0. The number of aliphatic carboxylic acids is 1. The van der Waals surface area contributed by atoms with Gasteiger partial charge in [0.2, 0.25) is 11.8 Å². The van der Waals surface area contributed by atoms with Gasteiger partial charge in [-0.05, 0) is 63.1 Å². The van der Waals surface area contributed by atoms with Crippen molar-refractivity contribution in [3.63, 3.8) is 0 Å². The van der Waals surface area contributed by atoms with Crippen molar-refractivity contribution >= 4 is 72.6 Å². The number of rotatable bonds is 13. The van der Waals surface area contributed by atoms with Crippen LogP contribution in [-0.2, 0) is 29.1 Å². The number of thiophene rings is 1. The molecule has 2 unspecified atom stereocenters. The lowest BCUT2D eigenvalue weighted by Gasteiger charge is -2.34. The number of ether oxygens (including phenoxy) is 3. The fraction of sp³-hybridized carbons (Fsp3) is 0.522. The quantitative estimate of drug-likeness (QED) is 0.100. The molecule has 1 saturated carbocycles. The van der Waals surface area contributed by atoms with Gasteiger partial charge in [0.25, 0.3) is 10.0 Å². The Morgan fingerprint density at radius 1 is 1.09 bits per heavy atom. The molecule has 3 aromatic heterocycles. The lowest BCUT2D eigenvalue weighted by Crippen LogP contribution is -2.56. The van der Waals surface area contributed by atoms with Crippen molar-refractivity contribution in [3.05, 3.63) is 59.3 Å². The second-order valence-corrected chi connectivity index (χ2v) is 22.6. The first-order valence-electron chi connectivity index (χ1n) is 22.2. The molecule has 5 heterocycles. The molecule has 3 amide bonds. The number of hydrogen-bond donors (Lipinski definition) is 4. The third kappa shape index (κ3) is 10.9. The average molecular weight is 966 g/mol. The van der Waals surface area contributed by atoms with Crippen molar-refractivity contribution in [1.82, 2.24) is 29.8 Å². The number of fused-ring (bicyclic) bond motifs is 3. The molecule has 17 nitrogen and oxygen atoms in total. The fourth-order valence-corrected chi connectivity index (χ4v) is 11.5. The van der Waals surface area contributed by atoms with Crippen molar-refractivity contribution in [1.29, 1.82) is 0 Å². The van der Waals surface area contributed by atoms with E-state index in [9.17, 15) is 32.7 Å². The van der Waals surface area contributed by atoms with Crippen LogP contribution < -0.4 is 25.4 Å². The molecule has 7 rings (SSSR count). The molecule has 4 aromatic rings. The summed E-state index contributed by atoms with van der Waals surface area (Å²) in [5.74, 6) is -1.79. The van der Waals surface area contributed by atoms with Crippen molar-refractivity contribution in [2.75, 3.05) is 32.6 Å². The van der Waals surface area contributed by atoms with E-state index >= 15 is 0 Å². The van der Waals surface area contributed by atoms with Crippen LogP contribution in [0.4, 0.5) is 9.93 Å². The molecule has 0 bridgehead atoms. The number of hydrogen-bond acceptors (Lipinski definition) is 14. The Morgan fingerprint density at radius 2 is 1.88 bits per heavy atom. The molecule has 1 aliphatic carbocycles. The van der Waals surface area contributed by atoms with Gasteiger partial charge < -0.3 is 40.2 Å². The minimum Gasteiger partial charge on any atom is -0.497 e. The summed E-state index contributed by atoms with van der Waals surface area (Å²) >= 11 is 2.53. The van der Waals surface area contributed by atoms with E-state index in [1.807, 2.05) is 58.2 Å². The fourth-order valence-electron chi connectivity index (χ4n) is 8.25. The maximum absolute atomic E-state index is 14.9. The van der Waals surface area contributed by atoms with E-state index in [-0.39, 0.29) is 42.6 Å². The second-order valence-electron chi connectivity index (χ2n) is 18.5. The summed E-state index contributed by atoms with van der Waals surface area (Å²) in [6.45, 7) is 9.29. The molecule has 20 heteroatoms. The number of sulfonamides is 1. The highest BCUT2D eigenvalue weighted by Gasteiger charge is 2.61. The first-order chi connectivity index (χ1) is 31.3. The number of carbonyl (C=O) groups excluding carboxylic acids is 3. The van der Waals surface area contributed by atoms with Crippen LogP contribution in [-0.4, -0.2) is 120 Å². The summed E-state index contributed by atoms with van der Waals surface area (Å²) in [6.07, 6.45) is 4.29. The maximum Gasteiger partial charge on any atom is 0.408 e. The number of nitrogens with one attached hydrogen (secondary N) is 3. The molecule has 66 heavy (non-hydrogen) atoms. The highest BCUT2D eigenvalue weighted by molar-refractivity contribution is 7.91. The van der Waals surface area contributed by atoms with Crippen molar-refractivity contribution < 1.29 is 46.9 Å². The number of carboxylic acids is 1. The number of thiazole rings is 1. The summed E-state index contributed by atoms with van der Waals surface area (Å²) in [6, 6.07) is 8.17. The number of nitrogens with zero attached hydrogens (tertiary/aromatic N) is 4. The van der Waals surface area contributed by atoms with Gasteiger partial charge in [-0.2, -0.15) is 4.31 Å². The molecule has 3 aliphatic rings. The van der Waals surface area contributed by atoms with E-state index in [2.05, 4.69) is 16.0 Å². The Balaban J connectivity index is 1.18. The van der Waals surface area contributed by atoms with Gasteiger partial charge >= 0.3 is 12.1 Å². The Morgan fingerprint density at radius 3 is 2.58 bits per heavy atom. The molecule has 0 spiro atoms. The van der Waals surface area contributed by atoms with Crippen LogP contribution in [0, 0.1) is 11.3 Å². The minimum absolute atomic E-state index is 0.0105. The standard InChI is InChI=1S/C46H59N7O10S3/c1-27(2)47-43-49-35(26-65-43)34-22-37(31-18-17-29(61-7)20-33(31)48-34)62-30-21-36-40(54)51-46(42(56)57)23-28(46)14-11-9-8-10-12-15-32(41(55)53(36)24-30)50-44(58)63-38(45(3,4)5)25-52(6)66(59,60)39-16-13-19-64-39/h11,13-14,16-20,22,26-28,30,32,36,38H,8-10,12,15,21,23-25H2,1-7H3,(H,47,49)(H,50,58)(H,51,54)(H,56,57)/b14-11-/t28?,30-,32+,36+,38?,46-/m1/s1. The van der Waals surface area contributed by atoms with Gasteiger partial charge in [0.15, 0.2) is 5.13 Å². The van der Waals surface area contributed by atoms with E-state index in [4.69, 9.17) is 24.2 Å². The lowest BCUT2D eigenvalue weighted by atomic mass is 9.89. The van der Waals surface area contributed by atoms with Gasteiger partial charge in [0.1, 0.15) is 51.2 Å². The first kappa shape index (κ1) is 48.6. The highest BCUT2D eigenvalue weighted by Crippen LogP contribution is 2.46. The van der Waals surface area contributed by atoms with Crippen LogP contribution in [0.15, 0.2) is 63.5 Å². The zero-order valence-electron chi connectivity index (χ0n) is 38.2. The molecule has 2 fully saturated rings.